The van der Waals surface area contributed by atoms with Crippen LogP contribution in [0.2, 0.25) is 0 Å². The van der Waals surface area contributed by atoms with Gasteiger partial charge >= 0.3 is 6.09 Å². The topological polar surface area (TPSA) is 122 Å². The molecule has 3 amide bonds. The van der Waals surface area contributed by atoms with Crippen LogP contribution >= 0.6 is 11.6 Å². The summed E-state index contributed by atoms with van der Waals surface area (Å²) < 4.78 is 4.34. The number of carbonyl (C=O) groups is 3. The lowest BCUT2D eigenvalue weighted by Crippen LogP contribution is -2.39. The van der Waals surface area contributed by atoms with Gasteiger partial charge in [0.05, 0.1) is 0 Å². The van der Waals surface area contributed by atoms with Crippen molar-refractivity contribution < 1.29 is 19.1 Å². The van der Waals surface area contributed by atoms with Crippen molar-refractivity contribution in [2.24, 2.45) is 5.73 Å². The maximum Gasteiger partial charge on any atom is 0.413 e. The van der Waals surface area contributed by atoms with Crippen LogP contribution in [0.3, 0.4) is 0 Å². The molecule has 0 aromatic carbocycles. The van der Waals surface area contributed by atoms with Crippen LogP contribution in [-0.2, 0) is 14.3 Å². The Balaban J connectivity index is 3.74. The van der Waals surface area contributed by atoms with Crippen LogP contribution in [0, 0.1) is 0 Å². The summed E-state index contributed by atoms with van der Waals surface area (Å²) in [5.74, 6) is -2.15. The number of halogens is 1. The molecule has 14 heavy (non-hydrogen) atoms. The highest BCUT2D eigenvalue weighted by atomic mass is 35.5. The predicted octanol–water partition coefficient (Wildman–Crippen LogP) is -1.39. The summed E-state index contributed by atoms with van der Waals surface area (Å²) in [6, 6.07) is -1.20. The van der Waals surface area contributed by atoms with Crippen molar-refractivity contribution >= 4 is 29.5 Å². The van der Waals surface area contributed by atoms with Gasteiger partial charge in [-0.15, -0.1) is 11.6 Å². The summed E-state index contributed by atoms with van der Waals surface area (Å²) in [5, 5.41) is 1.76. The van der Waals surface area contributed by atoms with Gasteiger partial charge in [-0.05, 0) is 0 Å². The maximum atomic E-state index is 10.7. The predicted molar refractivity (Wildman–Crippen MR) is 46.3 cm³/mol. The third-order valence-electron chi connectivity index (χ3n) is 1.09. The van der Waals surface area contributed by atoms with Crippen molar-refractivity contribution in [3.63, 3.8) is 0 Å². The standard InChI is InChI=1S/C6H9ClN3O4/c7-1-4(11)10-6(13)14-2-3(8)5(9)12/h3,9H,1-2,8H2,(H,10,11,13). The van der Waals surface area contributed by atoms with Crippen LogP contribution in [0.15, 0.2) is 0 Å². The number of alkyl halides is 1. The minimum Gasteiger partial charge on any atom is -0.447 e. The van der Waals surface area contributed by atoms with E-state index >= 15 is 0 Å². The molecule has 0 bridgehead atoms. The number of hydrogen-bond acceptors (Lipinski definition) is 5. The highest BCUT2D eigenvalue weighted by Gasteiger charge is 2.14. The van der Waals surface area contributed by atoms with Crippen LogP contribution in [0.5, 0.6) is 0 Å². The molecule has 0 aromatic rings. The van der Waals surface area contributed by atoms with E-state index < -0.39 is 30.6 Å². The van der Waals surface area contributed by atoms with Gasteiger partial charge in [0.25, 0.3) is 5.91 Å². The fraction of sp³-hybridized carbons (Fsp3) is 0.500. The van der Waals surface area contributed by atoms with Crippen LogP contribution in [-0.4, -0.2) is 36.4 Å². The molecule has 0 heterocycles. The Morgan fingerprint density at radius 2 is 2.07 bits per heavy atom. The summed E-state index contributed by atoms with van der Waals surface area (Å²) in [6.45, 7) is -0.455. The quantitative estimate of drug-likeness (QED) is 0.567. The molecule has 79 valence electrons. The molecule has 0 rings (SSSR count). The third-order valence-corrected chi connectivity index (χ3v) is 1.34. The van der Waals surface area contributed by atoms with Gasteiger partial charge in [0.2, 0.25) is 5.91 Å². The minimum absolute atomic E-state index is 0.376. The van der Waals surface area contributed by atoms with Gasteiger partial charge in [-0.3, -0.25) is 20.6 Å². The SMILES string of the molecule is [NH]C(=O)C(N)COC(=O)NC(=O)CCl. The molecule has 8 heteroatoms. The molecule has 7 nitrogen and oxygen atoms in total. The summed E-state index contributed by atoms with van der Waals surface area (Å²) in [7, 11) is 0. The number of imide groups is 1. The Morgan fingerprint density at radius 3 is 2.50 bits per heavy atom. The van der Waals surface area contributed by atoms with Gasteiger partial charge in [-0.2, -0.15) is 0 Å². The number of amides is 3. The Hall–Kier alpha value is -1.34. The summed E-state index contributed by atoms with van der Waals surface area (Å²) in [4.78, 5) is 31.5. The second-order valence-corrected chi connectivity index (χ2v) is 2.52. The molecule has 4 N–H and O–H groups in total. The van der Waals surface area contributed by atoms with Gasteiger partial charge in [0, 0.05) is 0 Å². The second kappa shape index (κ2) is 6.17. The van der Waals surface area contributed by atoms with E-state index in [9.17, 15) is 14.4 Å². The Kier molecular flexibility index (Phi) is 5.58. The van der Waals surface area contributed by atoms with E-state index in [2.05, 4.69) is 4.74 Å². The molecular weight excluding hydrogens is 214 g/mol. The van der Waals surface area contributed by atoms with Crippen molar-refractivity contribution in [3.05, 3.63) is 0 Å². The number of nitrogens with one attached hydrogen (secondary N) is 2. The molecule has 0 saturated carbocycles. The fourth-order valence-electron chi connectivity index (χ4n) is 0.424. The number of rotatable bonds is 4. The largest absolute Gasteiger partial charge is 0.447 e. The zero-order valence-corrected chi connectivity index (χ0v) is 7.84. The van der Waals surface area contributed by atoms with Gasteiger partial charge in [0.15, 0.2) is 0 Å². The van der Waals surface area contributed by atoms with E-state index in [0.29, 0.717) is 0 Å². The molecule has 0 aliphatic carbocycles. The second-order valence-electron chi connectivity index (χ2n) is 2.25. The number of carbonyl (C=O) groups excluding carboxylic acids is 3. The van der Waals surface area contributed by atoms with E-state index in [4.69, 9.17) is 23.1 Å². The molecule has 0 aliphatic heterocycles. The molecular formula is C6H9ClN3O4. The van der Waals surface area contributed by atoms with Gasteiger partial charge in [-0.1, -0.05) is 0 Å². The van der Waals surface area contributed by atoms with Gasteiger partial charge < -0.3 is 10.5 Å². The van der Waals surface area contributed by atoms with E-state index in [0.717, 1.165) is 0 Å². The number of hydrogen-bond donors (Lipinski definition) is 2. The average molecular weight is 223 g/mol. The Bertz CT molecular complexity index is 245. The highest BCUT2D eigenvalue weighted by Crippen LogP contribution is 1.84. The van der Waals surface area contributed by atoms with E-state index in [1.54, 1.807) is 5.32 Å². The zero-order valence-electron chi connectivity index (χ0n) is 7.08. The van der Waals surface area contributed by atoms with E-state index in [1.165, 1.54) is 0 Å². The van der Waals surface area contributed by atoms with Crippen molar-refractivity contribution in [1.29, 1.82) is 0 Å². The van der Waals surface area contributed by atoms with Crippen molar-refractivity contribution in [2.45, 2.75) is 6.04 Å². The monoisotopic (exact) mass is 222 g/mol. The third kappa shape index (κ3) is 5.33. The van der Waals surface area contributed by atoms with E-state index in [-0.39, 0.29) is 5.88 Å². The highest BCUT2D eigenvalue weighted by molar-refractivity contribution is 6.28. The van der Waals surface area contributed by atoms with Crippen LogP contribution in [0.25, 0.3) is 0 Å². The molecule has 1 unspecified atom stereocenters. The maximum absolute atomic E-state index is 10.7. The lowest BCUT2D eigenvalue weighted by atomic mass is 10.3. The average Bonchev–Trinajstić information content (AvgIpc) is 2.13. The van der Waals surface area contributed by atoms with E-state index in [1.807, 2.05) is 0 Å². The molecule has 0 spiro atoms. The summed E-state index contributed by atoms with van der Waals surface area (Å²) >= 11 is 5.08. The minimum atomic E-state index is -1.20. The van der Waals surface area contributed by atoms with Crippen molar-refractivity contribution in [3.8, 4) is 0 Å². The Morgan fingerprint density at radius 1 is 1.50 bits per heavy atom. The fourth-order valence-corrected chi connectivity index (χ4v) is 0.491. The van der Waals surface area contributed by atoms with Gasteiger partial charge in [0.1, 0.15) is 18.5 Å². The smallest absolute Gasteiger partial charge is 0.413 e. The zero-order chi connectivity index (χ0) is 11.1. The molecule has 1 atom stereocenters. The first-order chi connectivity index (χ1) is 6.47. The molecule has 1 radical (unpaired) electrons. The van der Waals surface area contributed by atoms with Crippen LogP contribution in [0.1, 0.15) is 0 Å². The Labute approximate surface area is 84.7 Å². The van der Waals surface area contributed by atoms with Crippen molar-refractivity contribution in [1.82, 2.24) is 11.1 Å². The number of ether oxygens (including phenoxy) is 1. The first-order valence-electron chi connectivity index (χ1n) is 3.51. The number of alkyl carbamates (subject to hydrolysis) is 1. The molecule has 0 saturated heterocycles. The van der Waals surface area contributed by atoms with Crippen LogP contribution < -0.4 is 16.8 Å². The first-order valence-corrected chi connectivity index (χ1v) is 4.04. The number of nitrogens with two attached hydrogens (primary N) is 1. The molecule has 0 aromatic heterocycles. The summed E-state index contributed by atoms with van der Waals surface area (Å²) in [5.41, 5.74) is 11.6. The van der Waals surface area contributed by atoms with Gasteiger partial charge in [-0.25, -0.2) is 4.79 Å². The lowest BCUT2D eigenvalue weighted by Gasteiger charge is -2.07. The first kappa shape index (κ1) is 12.7. The summed E-state index contributed by atoms with van der Waals surface area (Å²) in [6.07, 6.45) is -1.05. The van der Waals surface area contributed by atoms with Crippen LogP contribution in [0.4, 0.5) is 4.79 Å². The lowest BCUT2D eigenvalue weighted by molar-refractivity contribution is -0.120. The normalized spacial score (nSPS) is 11.6. The molecule has 0 fully saturated rings. The molecule has 0 aliphatic rings. The van der Waals surface area contributed by atoms with Crippen molar-refractivity contribution in [2.75, 3.05) is 12.5 Å².